The Morgan fingerprint density at radius 1 is 1.18 bits per heavy atom. The van der Waals surface area contributed by atoms with Gasteiger partial charge in [0, 0.05) is 38.5 Å². The molecule has 2 fully saturated rings. The molecule has 17 heavy (non-hydrogen) atoms. The zero-order chi connectivity index (χ0) is 12.3. The quantitative estimate of drug-likeness (QED) is 0.754. The van der Waals surface area contributed by atoms with Crippen molar-refractivity contribution in [1.29, 1.82) is 0 Å². The first kappa shape index (κ1) is 13.0. The third kappa shape index (κ3) is 3.52. The van der Waals surface area contributed by atoms with Gasteiger partial charge in [0.25, 0.3) is 0 Å². The predicted molar refractivity (Wildman–Crippen MR) is 69.6 cm³/mol. The number of hydrogen-bond acceptors (Lipinski definition) is 3. The van der Waals surface area contributed by atoms with Crippen molar-refractivity contribution in [3.05, 3.63) is 0 Å². The van der Waals surface area contributed by atoms with Crippen LogP contribution in [0.1, 0.15) is 52.4 Å². The maximum Gasteiger partial charge on any atom is 0.134 e. The molecule has 0 spiro atoms. The standard InChI is InChI=1S/C14H26N2O/c1-12(2)11-13-5-3-9-16(13)15-8-4-6-14(17)7-10-15/h12-13H,3-11H2,1-2H3. The molecule has 0 amide bonds. The summed E-state index contributed by atoms with van der Waals surface area (Å²) < 4.78 is 0. The molecule has 2 aliphatic heterocycles. The summed E-state index contributed by atoms with van der Waals surface area (Å²) in [4.78, 5) is 11.5. The molecule has 1 atom stereocenters. The molecule has 0 aliphatic carbocycles. The highest BCUT2D eigenvalue weighted by atomic mass is 16.1. The molecule has 0 N–H and O–H groups in total. The Balaban J connectivity index is 1.92. The van der Waals surface area contributed by atoms with Crippen LogP contribution in [0, 0.1) is 5.92 Å². The first-order chi connectivity index (χ1) is 8.16. The summed E-state index contributed by atoms with van der Waals surface area (Å²) in [6, 6.07) is 0.725. The summed E-state index contributed by atoms with van der Waals surface area (Å²) in [5.41, 5.74) is 0. The Morgan fingerprint density at radius 2 is 2.00 bits per heavy atom. The Labute approximate surface area is 105 Å². The van der Waals surface area contributed by atoms with Gasteiger partial charge in [-0.3, -0.25) is 4.79 Å². The van der Waals surface area contributed by atoms with E-state index in [9.17, 15) is 4.79 Å². The third-order valence-corrected chi connectivity index (χ3v) is 3.97. The molecule has 2 aliphatic rings. The van der Waals surface area contributed by atoms with E-state index in [0.717, 1.165) is 44.3 Å². The van der Waals surface area contributed by atoms with E-state index >= 15 is 0 Å². The van der Waals surface area contributed by atoms with Gasteiger partial charge in [-0.25, -0.2) is 10.0 Å². The lowest BCUT2D eigenvalue weighted by Gasteiger charge is -2.36. The van der Waals surface area contributed by atoms with Crippen LogP contribution in [0.4, 0.5) is 0 Å². The normalized spacial score (nSPS) is 28.9. The molecule has 2 heterocycles. The Kier molecular flexibility index (Phi) is 4.57. The van der Waals surface area contributed by atoms with Crippen LogP contribution in [-0.4, -0.2) is 41.5 Å². The summed E-state index contributed by atoms with van der Waals surface area (Å²) in [5.74, 6) is 1.22. The first-order valence-electron chi connectivity index (χ1n) is 7.20. The van der Waals surface area contributed by atoms with Crippen molar-refractivity contribution in [3.63, 3.8) is 0 Å². The van der Waals surface area contributed by atoms with E-state index in [2.05, 4.69) is 23.9 Å². The number of rotatable bonds is 3. The molecule has 0 aromatic rings. The van der Waals surface area contributed by atoms with Crippen LogP contribution < -0.4 is 0 Å². The van der Waals surface area contributed by atoms with Gasteiger partial charge in [0.1, 0.15) is 5.78 Å². The Bertz CT molecular complexity index is 265. The minimum absolute atomic E-state index is 0.451. The molecule has 0 aromatic heterocycles. The van der Waals surface area contributed by atoms with Gasteiger partial charge in [0.2, 0.25) is 0 Å². The van der Waals surface area contributed by atoms with Crippen molar-refractivity contribution in [2.75, 3.05) is 19.6 Å². The van der Waals surface area contributed by atoms with Gasteiger partial charge < -0.3 is 0 Å². The van der Waals surface area contributed by atoms with Gasteiger partial charge in [-0.2, -0.15) is 0 Å². The van der Waals surface area contributed by atoms with Crippen LogP contribution in [0.15, 0.2) is 0 Å². The Morgan fingerprint density at radius 3 is 2.76 bits per heavy atom. The molecule has 2 saturated heterocycles. The van der Waals surface area contributed by atoms with Crippen LogP contribution >= 0.6 is 0 Å². The van der Waals surface area contributed by atoms with Gasteiger partial charge in [0.15, 0.2) is 0 Å². The molecule has 3 nitrogen and oxygen atoms in total. The molecule has 98 valence electrons. The van der Waals surface area contributed by atoms with Crippen LogP contribution in [-0.2, 0) is 4.79 Å². The fourth-order valence-corrected chi connectivity index (χ4v) is 3.18. The first-order valence-corrected chi connectivity index (χ1v) is 7.20. The summed E-state index contributed by atoms with van der Waals surface area (Å²) in [6.07, 6.45) is 6.54. The number of ketones is 1. The number of Topliss-reactive ketones (excluding diaryl/α,β-unsaturated/α-hetero) is 1. The van der Waals surface area contributed by atoms with E-state index in [1.165, 1.54) is 25.8 Å². The topological polar surface area (TPSA) is 23.6 Å². The van der Waals surface area contributed by atoms with Gasteiger partial charge >= 0.3 is 0 Å². The smallest absolute Gasteiger partial charge is 0.134 e. The Hall–Kier alpha value is -0.410. The maximum atomic E-state index is 11.5. The van der Waals surface area contributed by atoms with Crippen LogP contribution in [0.25, 0.3) is 0 Å². The largest absolute Gasteiger partial charge is 0.300 e. The molecular weight excluding hydrogens is 212 g/mol. The lowest BCUT2D eigenvalue weighted by atomic mass is 10.0. The fourth-order valence-electron chi connectivity index (χ4n) is 3.18. The zero-order valence-electron chi connectivity index (χ0n) is 11.3. The van der Waals surface area contributed by atoms with Gasteiger partial charge in [-0.05, 0) is 31.6 Å². The minimum Gasteiger partial charge on any atom is -0.300 e. The van der Waals surface area contributed by atoms with E-state index in [1.807, 2.05) is 0 Å². The summed E-state index contributed by atoms with van der Waals surface area (Å²) in [6.45, 7) is 7.85. The van der Waals surface area contributed by atoms with Gasteiger partial charge in [-0.15, -0.1) is 0 Å². The van der Waals surface area contributed by atoms with E-state index < -0.39 is 0 Å². The average molecular weight is 238 g/mol. The number of hydrazine groups is 1. The van der Waals surface area contributed by atoms with Gasteiger partial charge in [0.05, 0.1) is 0 Å². The van der Waals surface area contributed by atoms with Crippen molar-refractivity contribution >= 4 is 5.78 Å². The fraction of sp³-hybridized carbons (Fsp3) is 0.929. The minimum atomic E-state index is 0.451. The molecule has 3 heteroatoms. The molecule has 0 radical (unpaired) electrons. The van der Waals surface area contributed by atoms with E-state index in [-0.39, 0.29) is 0 Å². The summed E-state index contributed by atoms with van der Waals surface area (Å²) in [5, 5.41) is 5.03. The van der Waals surface area contributed by atoms with Crippen LogP contribution in [0.2, 0.25) is 0 Å². The van der Waals surface area contributed by atoms with E-state index in [1.54, 1.807) is 0 Å². The highest BCUT2D eigenvalue weighted by Crippen LogP contribution is 2.26. The number of hydrogen-bond donors (Lipinski definition) is 0. The number of carbonyl (C=O) groups excluding carboxylic acids is 1. The van der Waals surface area contributed by atoms with Crippen molar-refractivity contribution in [1.82, 2.24) is 10.0 Å². The van der Waals surface area contributed by atoms with Crippen LogP contribution in [0.3, 0.4) is 0 Å². The van der Waals surface area contributed by atoms with Crippen molar-refractivity contribution in [2.24, 2.45) is 5.92 Å². The predicted octanol–water partition coefficient (Wildman–Crippen LogP) is 2.47. The monoisotopic (exact) mass is 238 g/mol. The number of nitrogens with zero attached hydrogens (tertiary/aromatic N) is 2. The van der Waals surface area contributed by atoms with Crippen molar-refractivity contribution in [2.45, 2.75) is 58.4 Å². The lowest BCUT2D eigenvalue weighted by Crippen LogP contribution is -2.46. The SMILES string of the molecule is CC(C)CC1CCCN1N1CCCC(=O)CC1. The second kappa shape index (κ2) is 5.96. The third-order valence-electron chi connectivity index (χ3n) is 3.97. The second-order valence-electron chi connectivity index (χ2n) is 5.93. The highest BCUT2D eigenvalue weighted by Gasteiger charge is 2.30. The molecule has 2 rings (SSSR count). The summed E-state index contributed by atoms with van der Waals surface area (Å²) >= 11 is 0. The van der Waals surface area contributed by atoms with Crippen molar-refractivity contribution in [3.8, 4) is 0 Å². The van der Waals surface area contributed by atoms with E-state index in [0.29, 0.717) is 5.78 Å². The molecule has 0 saturated carbocycles. The molecule has 1 unspecified atom stereocenters. The second-order valence-corrected chi connectivity index (χ2v) is 5.93. The van der Waals surface area contributed by atoms with Crippen LogP contribution in [0.5, 0.6) is 0 Å². The lowest BCUT2D eigenvalue weighted by molar-refractivity contribution is -0.119. The zero-order valence-corrected chi connectivity index (χ0v) is 11.3. The summed E-state index contributed by atoms with van der Waals surface area (Å²) in [7, 11) is 0. The maximum absolute atomic E-state index is 11.5. The molecule has 0 aromatic carbocycles. The molecular formula is C14H26N2O. The number of carbonyl (C=O) groups is 1. The van der Waals surface area contributed by atoms with Crippen molar-refractivity contribution < 1.29 is 4.79 Å². The average Bonchev–Trinajstić information content (AvgIpc) is 2.59. The van der Waals surface area contributed by atoms with Gasteiger partial charge in [-0.1, -0.05) is 13.8 Å². The van der Waals surface area contributed by atoms with E-state index in [4.69, 9.17) is 0 Å². The highest BCUT2D eigenvalue weighted by molar-refractivity contribution is 5.78. The molecule has 0 bridgehead atoms.